The molecule has 33 heavy (non-hydrogen) atoms. The van der Waals surface area contributed by atoms with E-state index in [1.54, 1.807) is 25.2 Å². The third kappa shape index (κ3) is 3.77. The van der Waals surface area contributed by atoms with Crippen LogP contribution in [-0.4, -0.2) is 68.3 Å². The number of amides is 2. The number of hydrogen-bond donors (Lipinski definition) is 1. The Bertz CT molecular complexity index is 1230. The molecule has 0 bridgehead atoms. The summed E-state index contributed by atoms with van der Waals surface area (Å²) in [5, 5.41) is 14.2. The van der Waals surface area contributed by atoms with Crippen molar-refractivity contribution < 1.29 is 28.2 Å². The summed E-state index contributed by atoms with van der Waals surface area (Å²) in [6, 6.07) is 6.27. The number of methoxy groups -OCH3 is 1. The molecule has 1 fully saturated rings. The summed E-state index contributed by atoms with van der Waals surface area (Å²) < 4.78 is 30.7. The lowest BCUT2D eigenvalue weighted by molar-refractivity contribution is 0.0185. The lowest BCUT2D eigenvalue weighted by Crippen LogP contribution is -2.47. The first-order valence-electron chi connectivity index (χ1n) is 9.92. The Hall–Kier alpha value is -4.29. The number of aryl methyl sites for hydroxylation is 1. The Labute approximate surface area is 186 Å². The summed E-state index contributed by atoms with van der Waals surface area (Å²) in [5.74, 6) is 0.147. The van der Waals surface area contributed by atoms with E-state index in [0.717, 1.165) is 0 Å². The largest absolute Gasteiger partial charge is 0.466 e. The molecular weight excluding hydrogens is 437 g/mol. The van der Waals surface area contributed by atoms with Crippen LogP contribution in [-0.2, 0) is 23.1 Å². The molecule has 1 saturated heterocycles. The van der Waals surface area contributed by atoms with Crippen molar-refractivity contribution in [3.8, 4) is 28.4 Å². The first-order valence-corrected chi connectivity index (χ1v) is 9.92. The van der Waals surface area contributed by atoms with Crippen LogP contribution >= 0.6 is 0 Å². The zero-order valence-corrected chi connectivity index (χ0v) is 17.6. The van der Waals surface area contributed by atoms with E-state index in [0.29, 0.717) is 34.0 Å². The van der Waals surface area contributed by atoms with E-state index in [4.69, 9.17) is 9.47 Å². The van der Waals surface area contributed by atoms with Gasteiger partial charge in [0.05, 0.1) is 27.2 Å². The molecule has 2 atom stereocenters. The number of alkyl carbamates (subject to hydrolysis) is 1. The SMILES string of the molecule is COC(=O)NC[C@@H]1OC(=O)N2Cc3cc(-c4ccc(-c5nnn(C)n5)nc4)c(F)cc3O[C@@H]12. The number of hydrogen-bond acceptors (Lipinski definition) is 9. The Balaban J connectivity index is 1.39. The molecule has 2 aliphatic rings. The minimum atomic E-state index is -0.798. The van der Waals surface area contributed by atoms with Crippen molar-refractivity contribution in [1.82, 2.24) is 35.4 Å². The van der Waals surface area contributed by atoms with Crippen LogP contribution in [0.2, 0.25) is 0 Å². The van der Waals surface area contributed by atoms with Crippen molar-refractivity contribution in [3.63, 3.8) is 0 Å². The highest BCUT2D eigenvalue weighted by Gasteiger charge is 2.46. The molecule has 2 aliphatic heterocycles. The minimum Gasteiger partial charge on any atom is -0.466 e. The molecule has 2 aromatic heterocycles. The summed E-state index contributed by atoms with van der Waals surface area (Å²) in [5.41, 5.74) is 1.95. The number of carbonyl (C=O) groups excluding carboxylic acids is 2. The average Bonchev–Trinajstić information content (AvgIpc) is 3.38. The van der Waals surface area contributed by atoms with Gasteiger partial charge in [0.1, 0.15) is 17.3 Å². The summed E-state index contributed by atoms with van der Waals surface area (Å²) in [4.78, 5) is 30.7. The van der Waals surface area contributed by atoms with Gasteiger partial charge in [-0.25, -0.2) is 14.0 Å². The summed E-state index contributed by atoms with van der Waals surface area (Å²) >= 11 is 0. The molecule has 0 aliphatic carbocycles. The second kappa shape index (κ2) is 8.00. The standard InChI is InChI=1S/C20H18FN7O5/c1-27-25-17(24-26-27)14-4-3-10(7-22-14)12-5-11-9-28-18(32-15(11)6-13(12)21)16(33-20(28)30)8-23-19(29)31-2/h3-7,16,18H,8-9H2,1-2H3,(H,23,29)/t16-,18-/m0/s1. The molecule has 0 saturated carbocycles. The average molecular weight is 455 g/mol. The number of nitrogens with one attached hydrogen (secondary N) is 1. The number of carbonyl (C=O) groups is 2. The predicted octanol–water partition coefficient (Wildman–Crippen LogP) is 1.47. The van der Waals surface area contributed by atoms with E-state index >= 15 is 0 Å². The first kappa shape index (κ1) is 20.6. The third-order valence-corrected chi connectivity index (χ3v) is 5.30. The van der Waals surface area contributed by atoms with Crippen LogP contribution in [0.4, 0.5) is 14.0 Å². The van der Waals surface area contributed by atoms with Crippen molar-refractivity contribution in [2.45, 2.75) is 18.9 Å². The third-order valence-electron chi connectivity index (χ3n) is 5.30. The van der Waals surface area contributed by atoms with Gasteiger partial charge in [0.2, 0.25) is 12.1 Å². The maximum atomic E-state index is 15.0. The zero-order valence-electron chi connectivity index (χ0n) is 17.6. The van der Waals surface area contributed by atoms with Crippen LogP contribution in [0, 0.1) is 5.82 Å². The van der Waals surface area contributed by atoms with Gasteiger partial charge in [-0.15, -0.1) is 10.2 Å². The molecule has 1 N–H and O–H groups in total. The number of cyclic esters (lactones) is 1. The molecule has 0 spiro atoms. The number of aromatic nitrogens is 5. The van der Waals surface area contributed by atoms with Gasteiger partial charge in [0.15, 0.2) is 6.10 Å². The van der Waals surface area contributed by atoms with E-state index in [1.165, 1.54) is 29.1 Å². The summed E-state index contributed by atoms with van der Waals surface area (Å²) in [7, 11) is 2.87. The number of nitrogens with zero attached hydrogens (tertiary/aromatic N) is 6. The maximum absolute atomic E-state index is 15.0. The topological polar surface area (TPSA) is 134 Å². The molecular formula is C20H18FN7O5. The number of pyridine rings is 1. The fourth-order valence-electron chi connectivity index (χ4n) is 3.69. The van der Waals surface area contributed by atoms with Crippen LogP contribution in [0.3, 0.4) is 0 Å². The van der Waals surface area contributed by atoms with E-state index in [-0.39, 0.29) is 13.1 Å². The smallest absolute Gasteiger partial charge is 0.413 e. The summed E-state index contributed by atoms with van der Waals surface area (Å²) in [6.45, 7) is 0.157. The molecule has 170 valence electrons. The van der Waals surface area contributed by atoms with Gasteiger partial charge in [-0.3, -0.25) is 9.88 Å². The van der Waals surface area contributed by atoms with Gasteiger partial charge in [-0.1, -0.05) is 6.07 Å². The van der Waals surface area contributed by atoms with E-state index in [1.807, 2.05) is 0 Å². The second-order valence-electron chi connectivity index (χ2n) is 7.41. The summed E-state index contributed by atoms with van der Waals surface area (Å²) in [6.07, 6.45) is -1.30. The lowest BCUT2D eigenvalue weighted by atomic mass is 10.0. The van der Waals surface area contributed by atoms with Crippen LogP contribution < -0.4 is 10.1 Å². The maximum Gasteiger partial charge on any atom is 0.413 e. The molecule has 13 heteroatoms. The zero-order chi connectivity index (χ0) is 23.1. The Morgan fingerprint density at radius 1 is 1.33 bits per heavy atom. The molecule has 12 nitrogen and oxygen atoms in total. The molecule has 0 unspecified atom stereocenters. The number of halogens is 1. The highest BCUT2D eigenvalue weighted by molar-refractivity contribution is 5.73. The van der Waals surface area contributed by atoms with Crippen molar-refractivity contribution in [2.75, 3.05) is 13.7 Å². The van der Waals surface area contributed by atoms with Crippen molar-refractivity contribution in [2.24, 2.45) is 7.05 Å². The number of fused-ring (bicyclic) bond motifs is 2. The minimum absolute atomic E-state index is 0.00581. The fourth-order valence-corrected chi connectivity index (χ4v) is 3.69. The highest BCUT2D eigenvalue weighted by atomic mass is 19.1. The number of rotatable bonds is 4. The Morgan fingerprint density at radius 2 is 2.18 bits per heavy atom. The Kier molecular flexibility index (Phi) is 4.99. The number of ether oxygens (including phenoxy) is 3. The quantitative estimate of drug-likeness (QED) is 0.621. The van der Waals surface area contributed by atoms with Gasteiger partial charge in [-0.05, 0) is 17.3 Å². The van der Waals surface area contributed by atoms with Crippen LogP contribution in [0.15, 0.2) is 30.5 Å². The van der Waals surface area contributed by atoms with E-state index in [2.05, 4.69) is 30.4 Å². The Morgan fingerprint density at radius 3 is 2.88 bits per heavy atom. The molecule has 5 rings (SSSR count). The lowest BCUT2D eigenvalue weighted by Gasteiger charge is -2.31. The molecule has 0 radical (unpaired) electrons. The number of benzene rings is 1. The highest BCUT2D eigenvalue weighted by Crippen LogP contribution is 2.37. The molecule has 2 amide bonds. The molecule has 4 heterocycles. The monoisotopic (exact) mass is 455 g/mol. The fraction of sp³-hybridized carbons (Fsp3) is 0.300. The van der Waals surface area contributed by atoms with Crippen molar-refractivity contribution >= 4 is 12.2 Å². The van der Waals surface area contributed by atoms with E-state index in [9.17, 15) is 14.0 Å². The van der Waals surface area contributed by atoms with Crippen LogP contribution in [0.1, 0.15) is 5.56 Å². The van der Waals surface area contributed by atoms with Gasteiger partial charge < -0.3 is 19.5 Å². The second-order valence-corrected chi connectivity index (χ2v) is 7.41. The van der Waals surface area contributed by atoms with Gasteiger partial charge in [0.25, 0.3) is 0 Å². The van der Waals surface area contributed by atoms with Gasteiger partial charge in [0, 0.05) is 29.0 Å². The van der Waals surface area contributed by atoms with Gasteiger partial charge >= 0.3 is 12.2 Å². The van der Waals surface area contributed by atoms with Crippen LogP contribution in [0.5, 0.6) is 5.75 Å². The normalized spacial score (nSPS) is 18.8. The number of tetrazole rings is 1. The van der Waals surface area contributed by atoms with E-state index < -0.39 is 30.3 Å². The first-order chi connectivity index (χ1) is 15.9. The van der Waals surface area contributed by atoms with Crippen molar-refractivity contribution in [1.29, 1.82) is 0 Å². The predicted molar refractivity (Wildman–Crippen MR) is 108 cm³/mol. The van der Waals surface area contributed by atoms with Crippen LogP contribution in [0.25, 0.3) is 22.6 Å². The van der Waals surface area contributed by atoms with Crippen molar-refractivity contribution in [3.05, 3.63) is 41.8 Å². The molecule has 3 aromatic rings. The van der Waals surface area contributed by atoms with Gasteiger partial charge in [-0.2, -0.15) is 4.80 Å². The molecule has 1 aromatic carbocycles.